The van der Waals surface area contributed by atoms with Gasteiger partial charge in [0.15, 0.2) is 5.78 Å². The zero-order valence-corrected chi connectivity index (χ0v) is 10.00. The normalized spacial score (nSPS) is 11.8. The van der Waals surface area contributed by atoms with Gasteiger partial charge in [-0.05, 0) is 24.1 Å². The van der Waals surface area contributed by atoms with Crippen LogP contribution in [0.1, 0.15) is 37.7 Å². The summed E-state index contributed by atoms with van der Waals surface area (Å²) in [6.07, 6.45) is 2.25. The van der Waals surface area contributed by atoms with E-state index in [1.807, 2.05) is 13.0 Å². The van der Waals surface area contributed by atoms with Crippen LogP contribution in [0.15, 0.2) is 24.3 Å². The first-order valence-electron chi connectivity index (χ1n) is 5.36. The van der Waals surface area contributed by atoms with Gasteiger partial charge in [0.25, 0.3) is 0 Å². The molecule has 0 saturated heterocycles. The molecule has 0 radical (unpaired) electrons. The van der Waals surface area contributed by atoms with Gasteiger partial charge in [-0.25, -0.2) is 0 Å². The lowest BCUT2D eigenvalue weighted by Gasteiger charge is -2.08. The van der Waals surface area contributed by atoms with E-state index in [2.05, 4.69) is 0 Å². The monoisotopic (exact) mass is 235 g/mol. The summed E-state index contributed by atoms with van der Waals surface area (Å²) in [6.45, 7) is 2.02. The van der Waals surface area contributed by atoms with E-state index in [4.69, 9.17) is 16.9 Å². The van der Waals surface area contributed by atoms with Crippen molar-refractivity contribution in [3.63, 3.8) is 0 Å². The summed E-state index contributed by atoms with van der Waals surface area (Å²) in [5.74, 6) is -0.697. The molecule has 0 aromatic heterocycles. The molecule has 0 aliphatic rings. The van der Waals surface area contributed by atoms with Gasteiger partial charge in [0.1, 0.15) is 5.92 Å². The second-order valence-corrected chi connectivity index (χ2v) is 4.12. The lowest BCUT2D eigenvalue weighted by atomic mass is 9.93. The maximum atomic E-state index is 11.8. The van der Waals surface area contributed by atoms with Crippen LogP contribution in [0, 0.1) is 11.3 Å². The molecule has 84 valence electrons. The number of nitrogens with zero attached hydrogens (tertiary/aromatic N) is 1. The van der Waals surface area contributed by atoms with Crippen molar-refractivity contribution in [2.24, 2.45) is 0 Å². The van der Waals surface area contributed by atoms with Crippen LogP contribution in [0.3, 0.4) is 0 Å². The Bertz CT molecular complexity index is 409. The van der Waals surface area contributed by atoms with E-state index in [9.17, 15) is 4.79 Å². The molecule has 1 unspecified atom stereocenters. The van der Waals surface area contributed by atoms with Crippen molar-refractivity contribution in [2.45, 2.75) is 32.1 Å². The van der Waals surface area contributed by atoms with Crippen LogP contribution in [0.2, 0.25) is 5.02 Å². The molecule has 0 amide bonds. The van der Waals surface area contributed by atoms with Gasteiger partial charge in [0.05, 0.1) is 6.07 Å². The third-order valence-electron chi connectivity index (χ3n) is 2.41. The van der Waals surface area contributed by atoms with Crippen LogP contribution in [0.4, 0.5) is 0 Å². The highest BCUT2D eigenvalue weighted by Crippen LogP contribution is 2.21. The third kappa shape index (κ3) is 3.36. The molecule has 1 aromatic rings. The van der Waals surface area contributed by atoms with E-state index in [-0.39, 0.29) is 5.78 Å². The van der Waals surface area contributed by atoms with Gasteiger partial charge >= 0.3 is 0 Å². The number of unbranched alkanes of at least 4 members (excludes halogenated alkanes) is 1. The number of benzene rings is 1. The fraction of sp³-hybridized carbons (Fsp3) is 0.385. The van der Waals surface area contributed by atoms with Gasteiger partial charge < -0.3 is 0 Å². The molecule has 0 bridgehead atoms. The first kappa shape index (κ1) is 12.7. The molecule has 0 saturated carbocycles. The van der Waals surface area contributed by atoms with Gasteiger partial charge in [-0.15, -0.1) is 0 Å². The highest BCUT2D eigenvalue weighted by Gasteiger charge is 2.19. The van der Waals surface area contributed by atoms with Crippen LogP contribution >= 0.6 is 11.6 Å². The lowest BCUT2D eigenvalue weighted by molar-refractivity contribution is -0.119. The van der Waals surface area contributed by atoms with Crippen LogP contribution < -0.4 is 0 Å². The Morgan fingerprint density at radius 1 is 1.56 bits per heavy atom. The number of hydrogen-bond donors (Lipinski definition) is 0. The van der Waals surface area contributed by atoms with E-state index in [1.54, 1.807) is 24.3 Å². The number of halogens is 1. The van der Waals surface area contributed by atoms with Crippen molar-refractivity contribution in [3.8, 4) is 6.07 Å². The second kappa shape index (κ2) is 6.30. The summed E-state index contributed by atoms with van der Waals surface area (Å²) < 4.78 is 0. The van der Waals surface area contributed by atoms with E-state index in [0.29, 0.717) is 17.0 Å². The van der Waals surface area contributed by atoms with Crippen molar-refractivity contribution < 1.29 is 4.79 Å². The summed E-state index contributed by atoms with van der Waals surface area (Å²) in [7, 11) is 0. The summed E-state index contributed by atoms with van der Waals surface area (Å²) in [6, 6.07) is 8.98. The van der Waals surface area contributed by atoms with Crippen LogP contribution in [0.5, 0.6) is 0 Å². The number of carbonyl (C=O) groups excluding carboxylic acids is 1. The fourth-order valence-electron chi connectivity index (χ4n) is 1.51. The van der Waals surface area contributed by atoms with Crippen LogP contribution in [0.25, 0.3) is 0 Å². The first-order valence-corrected chi connectivity index (χ1v) is 5.74. The van der Waals surface area contributed by atoms with Gasteiger partial charge in [-0.3, -0.25) is 4.79 Å². The molecule has 0 aliphatic heterocycles. The smallest absolute Gasteiger partial charge is 0.154 e. The van der Waals surface area contributed by atoms with Gasteiger partial charge in [0.2, 0.25) is 0 Å². The standard InChI is InChI=1S/C13H14ClNO/c1-2-3-7-13(16)12(9-15)10-5-4-6-11(14)8-10/h4-6,8,12H,2-3,7H2,1H3. The van der Waals surface area contributed by atoms with E-state index in [1.165, 1.54) is 0 Å². The van der Waals surface area contributed by atoms with Crippen LogP contribution in [-0.4, -0.2) is 5.78 Å². The van der Waals surface area contributed by atoms with Crippen molar-refractivity contribution in [1.29, 1.82) is 5.26 Å². The van der Waals surface area contributed by atoms with Crippen molar-refractivity contribution in [2.75, 3.05) is 0 Å². The first-order chi connectivity index (χ1) is 7.69. The molecule has 0 aliphatic carbocycles. The molecule has 2 nitrogen and oxygen atoms in total. The fourth-order valence-corrected chi connectivity index (χ4v) is 1.71. The Morgan fingerprint density at radius 2 is 2.31 bits per heavy atom. The molecule has 1 rings (SSSR count). The summed E-state index contributed by atoms with van der Waals surface area (Å²) >= 11 is 5.83. The topological polar surface area (TPSA) is 40.9 Å². The third-order valence-corrected chi connectivity index (χ3v) is 2.64. The maximum Gasteiger partial charge on any atom is 0.154 e. The Kier molecular flexibility index (Phi) is 5.01. The van der Waals surface area contributed by atoms with E-state index in [0.717, 1.165) is 12.8 Å². The minimum Gasteiger partial charge on any atom is -0.298 e. The summed E-state index contributed by atoms with van der Waals surface area (Å²) in [5.41, 5.74) is 0.691. The summed E-state index contributed by atoms with van der Waals surface area (Å²) in [5, 5.41) is 9.58. The average Bonchev–Trinajstić information content (AvgIpc) is 2.27. The predicted molar refractivity (Wildman–Crippen MR) is 64.3 cm³/mol. The predicted octanol–water partition coefficient (Wildman–Crippen LogP) is 3.71. The van der Waals surface area contributed by atoms with Crippen LogP contribution in [-0.2, 0) is 4.79 Å². The van der Waals surface area contributed by atoms with Gasteiger partial charge in [-0.1, -0.05) is 37.1 Å². The Balaban J connectivity index is 2.83. The Labute approximate surface area is 101 Å². The quantitative estimate of drug-likeness (QED) is 0.781. The molecule has 0 fully saturated rings. The van der Waals surface area contributed by atoms with Gasteiger partial charge in [0, 0.05) is 11.4 Å². The zero-order valence-electron chi connectivity index (χ0n) is 9.24. The number of rotatable bonds is 5. The van der Waals surface area contributed by atoms with Gasteiger partial charge in [-0.2, -0.15) is 5.26 Å². The largest absolute Gasteiger partial charge is 0.298 e. The number of nitriles is 1. The molecule has 0 heterocycles. The van der Waals surface area contributed by atoms with E-state index >= 15 is 0 Å². The number of ketones is 1. The van der Waals surface area contributed by atoms with Crippen molar-refractivity contribution in [1.82, 2.24) is 0 Å². The number of hydrogen-bond acceptors (Lipinski definition) is 2. The highest BCUT2D eigenvalue weighted by molar-refractivity contribution is 6.30. The van der Waals surface area contributed by atoms with Crippen molar-refractivity contribution in [3.05, 3.63) is 34.9 Å². The Morgan fingerprint density at radius 3 is 2.88 bits per heavy atom. The minimum absolute atomic E-state index is 0.0217. The maximum absolute atomic E-state index is 11.8. The second-order valence-electron chi connectivity index (χ2n) is 3.69. The molecular weight excluding hydrogens is 222 g/mol. The zero-order chi connectivity index (χ0) is 12.0. The summed E-state index contributed by atoms with van der Waals surface area (Å²) in [4.78, 5) is 11.8. The molecule has 0 N–H and O–H groups in total. The minimum atomic E-state index is -0.676. The average molecular weight is 236 g/mol. The highest BCUT2D eigenvalue weighted by atomic mass is 35.5. The number of carbonyl (C=O) groups is 1. The Hall–Kier alpha value is -1.33. The SMILES string of the molecule is CCCCC(=O)C(C#N)c1cccc(Cl)c1. The van der Waals surface area contributed by atoms with Crippen molar-refractivity contribution >= 4 is 17.4 Å². The molecule has 1 atom stereocenters. The molecule has 3 heteroatoms. The molecule has 1 aromatic carbocycles. The molecule has 0 spiro atoms. The molecule has 16 heavy (non-hydrogen) atoms. The molecular formula is C13H14ClNO. The number of Topliss-reactive ketones (excluding diaryl/α,β-unsaturated/α-hetero) is 1. The van der Waals surface area contributed by atoms with E-state index < -0.39 is 5.92 Å². The lowest BCUT2D eigenvalue weighted by Crippen LogP contribution is -2.10.